The number of imidazole rings is 1. The van der Waals surface area contributed by atoms with Crippen LogP contribution in [0.4, 0.5) is 0 Å². The maximum absolute atomic E-state index is 12.4. The molecule has 3 heterocycles. The Morgan fingerprint density at radius 1 is 1.11 bits per heavy atom. The predicted octanol–water partition coefficient (Wildman–Crippen LogP) is 2.15. The number of nitrogens with zero attached hydrogens (tertiary/aromatic N) is 4. The molecule has 0 radical (unpaired) electrons. The third-order valence-corrected chi connectivity index (χ3v) is 7.29. The van der Waals surface area contributed by atoms with Crippen LogP contribution in [0.25, 0.3) is 0 Å². The lowest BCUT2D eigenvalue weighted by atomic mass is 9.90. The van der Waals surface area contributed by atoms with Gasteiger partial charge < -0.3 is 9.47 Å². The van der Waals surface area contributed by atoms with Gasteiger partial charge in [-0.3, -0.25) is 0 Å². The average Bonchev–Trinajstić information content (AvgIpc) is 3.29. The second kappa shape index (κ2) is 7.37. The van der Waals surface area contributed by atoms with Crippen LogP contribution in [-0.4, -0.2) is 59.6 Å². The van der Waals surface area contributed by atoms with Crippen LogP contribution in [0.5, 0.6) is 0 Å². The Hall–Kier alpha value is -1.70. The molecule has 6 nitrogen and oxygen atoms in total. The first-order chi connectivity index (χ1) is 12.9. The number of likely N-dealkylation sites (tertiary alicyclic amines) is 1. The van der Waals surface area contributed by atoms with Crippen molar-refractivity contribution in [3.05, 3.63) is 54.1 Å². The Morgan fingerprint density at radius 3 is 2.56 bits per heavy atom. The molecule has 0 aliphatic carbocycles. The van der Waals surface area contributed by atoms with Crippen molar-refractivity contribution >= 4 is 10.0 Å². The van der Waals surface area contributed by atoms with E-state index in [4.69, 9.17) is 0 Å². The fraction of sp³-hybridized carbons (Fsp3) is 0.550. The van der Waals surface area contributed by atoms with Crippen LogP contribution >= 0.6 is 0 Å². The third kappa shape index (κ3) is 3.81. The summed E-state index contributed by atoms with van der Waals surface area (Å²) in [5.41, 5.74) is 1.12. The summed E-state index contributed by atoms with van der Waals surface area (Å²) in [5.74, 6) is 1.85. The van der Waals surface area contributed by atoms with Crippen LogP contribution < -0.4 is 0 Å². The molecule has 27 heavy (non-hydrogen) atoms. The number of aromatic nitrogens is 2. The Labute approximate surface area is 161 Å². The van der Waals surface area contributed by atoms with E-state index in [0.717, 1.165) is 44.0 Å². The molecule has 2 saturated heterocycles. The fourth-order valence-corrected chi connectivity index (χ4v) is 5.94. The van der Waals surface area contributed by atoms with E-state index in [2.05, 4.69) is 26.6 Å². The molecule has 2 aliphatic rings. The Bertz CT molecular complexity index is 880. The molecule has 0 amide bonds. The quantitative estimate of drug-likeness (QED) is 0.761. The van der Waals surface area contributed by atoms with E-state index in [0.29, 0.717) is 18.4 Å². The van der Waals surface area contributed by atoms with E-state index in [1.54, 1.807) is 4.31 Å². The highest BCUT2D eigenvalue weighted by atomic mass is 32.2. The van der Waals surface area contributed by atoms with E-state index in [1.807, 2.05) is 37.5 Å². The molecule has 0 unspecified atom stereocenters. The number of fused-ring (bicyclic) bond motifs is 1. The van der Waals surface area contributed by atoms with Crippen LogP contribution in [0.2, 0.25) is 0 Å². The SMILES string of the molecule is Cc1nccn1CCCN1C[C@@H]2CN(S(C)(=O)=O)[C@@H](c3ccccc3)[C@@H]2C1. The first-order valence-electron chi connectivity index (χ1n) is 9.65. The number of benzene rings is 1. The molecule has 7 heteroatoms. The van der Waals surface area contributed by atoms with Crippen LogP contribution in [0.3, 0.4) is 0 Å². The third-order valence-electron chi connectivity index (χ3n) is 6.06. The van der Waals surface area contributed by atoms with E-state index < -0.39 is 10.0 Å². The standard InChI is InChI=1S/C20H28N4O2S/c1-16-21-9-12-23(16)11-6-10-22-13-18-14-24(27(2,25)26)20(19(18)15-22)17-7-4-3-5-8-17/h3-5,7-9,12,18-20H,6,10-11,13-15H2,1-2H3/t18-,19-,20+/m1/s1. The van der Waals surface area contributed by atoms with Crippen molar-refractivity contribution in [3.8, 4) is 0 Å². The normalized spacial score (nSPS) is 26.5. The lowest BCUT2D eigenvalue weighted by molar-refractivity contribution is 0.260. The summed E-state index contributed by atoms with van der Waals surface area (Å²) < 4.78 is 28.7. The average molecular weight is 389 g/mol. The summed E-state index contributed by atoms with van der Waals surface area (Å²) in [6.07, 6.45) is 6.31. The van der Waals surface area contributed by atoms with Gasteiger partial charge in [0, 0.05) is 38.6 Å². The van der Waals surface area contributed by atoms with E-state index in [9.17, 15) is 8.42 Å². The van der Waals surface area contributed by atoms with Crippen molar-refractivity contribution in [1.82, 2.24) is 18.8 Å². The molecule has 0 saturated carbocycles. The van der Waals surface area contributed by atoms with Crippen LogP contribution in [-0.2, 0) is 16.6 Å². The van der Waals surface area contributed by atoms with Gasteiger partial charge in [-0.15, -0.1) is 0 Å². The van der Waals surface area contributed by atoms with Crippen molar-refractivity contribution in [3.63, 3.8) is 0 Å². The van der Waals surface area contributed by atoms with Gasteiger partial charge in [-0.25, -0.2) is 13.4 Å². The predicted molar refractivity (Wildman–Crippen MR) is 106 cm³/mol. The molecular weight excluding hydrogens is 360 g/mol. The fourth-order valence-electron chi connectivity index (χ4n) is 4.79. The summed E-state index contributed by atoms with van der Waals surface area (Å²) in [4.78, 5) is 6.79. The molecule has 2 aliphatic heterocycles. The molecule has 0 N–H and O–H groups in total. The zero-order valence-corrected chi connectivity index (χ0v) is 16.8. The molecule has 3 atom stereocenters. The number of hydrogen-bond acceptors (Lipinski definition) is 4. The van der Waals surface area contributed by atoms with Crippen LogP contribution in [0, 0.1) is 18.8 Å². The first kappa shape index (κ1) is 18.7. The van der Waals surface area contributed by atoms with Gasteiger partial charge in [0.25, 0.3) is 0 Å². The van der Waals surface area contributed by atoms with Gasteiger partial charge in [0.2, 0.25) is 10.0 Å². The number of rotatable bonds is 6. The van der Waals surface area contributed by atoms with Gasteiger partial charge in [0.1, 0.15) is 5.82 Å². The molecule has 2 fully saturated rings. The molecule has 2 aromatic rings. The lowest BCUT2D eigenvalue weighted by Crippen LogP contribution is -2.35. The molecule has 146 valence electrons. The second-order valence-corrected chi connectivity index (χ2v) is 9.83. The van der Waals surface area contributed by atoms with Crippen molar-refractivity contribution in [2.45, 2.75) is 25.9 Å². The van der Waals surface area contributed by atoms with E-state index in [1.165, 1.54) is 6.26 Å². The largest absolute Gasteiger partial charge is 0.335 e. The van der Waals surface area contributed by atoms with Gasteiger partial charge in [-0.1, -0.05) is 30.3 Å². The maximum Gasteiger partial charge on any atom is 0.211 e. The first-order valence-corrected chi connectivity index (χ1v) is 11.5. The summed E-state index contributed by atoms with van der Waals surface area (Å²) in [6, 6.07) is 10.1. The smallest absolute Gasteiger partial charge is 0.211 e. The minimum Gasteiger partial charge on any atom is -0.335 e. The summed E-state index contributed by atoms with van der Waals surface area (Å²) in [6.45, 7) is 6.66. The Balaban J connectivity index is 1.44. The maximum atomic E-state index is 12.4. The van der Waals surface area contributed by atoms with Gasteiger partial charge in [0.15, 0.2) is 0 Å². The van der Waals surface area contributed by atoms with Gasteiger partial charge in [-0.2, -0.15) is 4.31 Å². The highest BCUT2D eigenvalue weighted by Gasteiger charge is 2.50. The van der Waals surface area contributed by atoms with Crippen LogP contribution in [0.15, 0.2) is 42.7 Å². The lowest BCUT2D eigenvalue weighted by Gasteiger charge is -2.28. The minimum atomic E-state index is -3.21. The molecular formula is C20H28N4O2S. The topological polar surface area (TPSA) is 58.4 Å². The molecule has 0 spiro atoms. The summed E-state index contributed by atoms with van der Waals surface area (Å²) in [7, 11) is -3.21. The zero-order valence-electron chi connectivity index (χ0n) is 16.0. The molecule has 1 aromatic heterocycles. The number of aryl methyl sites for hydroxylation is 2. The van der Waals surface area contributed by atoms with Gasteiger partial charge >= 0.3 is 0 Å². The monoisotopic (exact) mass is 388 g/mol. The van der Waals surface area contributed by atoms with E-state index >= 15 is 0 Å². The second-order valence-electron chi connectivity index (χ2n) is 7.89. The minimum absolute atomic E-state index is 0.0351. The molecule has 0 bridgehead atoms. The van der Waals surface area contributed by atoms with E-state index in [-0.39, 0.29) is 6.04 Å². The zero-order chi connectivity index (χ0) is 19.0. The van der Waals surface area contributed by atoms with Crippen LogP contribution in [0.1, 0.15) is 23.9 Å². The van der Waals surface area contributed by atoms with Gasteiger partial charge in [0.05, 0.1) is 12.3 Å². The molecule has 1 aromatic carbocycles. The summed E-state index contributed by atoms with van der Waals surface area (Å²) in [5, 5.41) is 0. The summed E-state index contributed by atoms with van der Waals surface area (Å²) >= 11 is 0. The number of sulfonamides is 1. The highest BCUT2D eigenvalue weighted by Crippen LogP contribution is 2.45. The Kier molecular flexibility index (Phi) is 5.09. The number of hydrogen-bond donors (Lipinski definition) is 0. The Morgan fingerprint density at radius 2 is 1.89 bits per heavy atom. The van der Waals surface area contributed by atoms with Crippen molar-refractivity contribution in [2.75, 3.05) is 32.4 Å². The van der Waals surface area contributed by atoms with Crippen molar-refractivity contribution < 1.29 is 8.42 Å². The van der Waals surface area contributed by atoms with Crippen molar-refractivity contribution in [1.29, 1.82) is 0 Å². The van der Waals surface area contributed by atoms with Crippen molar-refractivity contribution in [2.24, 2.45) is 11.8 Å². The highest BCUT2D eigenvalue weighted by molar-refractivity contribution is 7.88. The molecule has 4 rings (SSSR count). The van der Waals surface area contributed by atoms with Gasteiger partial charge in [-0.05, 0) is 37.3 Å².